The molecule has 1 aliphatic heterocycles. The van der Waals surface area contributed by atoms with Gasteiger partial charge in [0.2, 0.25) is 0 Å². The van der Waals surface area contributed by atoms with Crippen molar-refractivity contribution >= 4 is 17.5 Å². The zero-order valence-electron chi connectivity index (χ0n) is 15.9. The fraction of sp³-hybridized carbons (Fsp3) is 0.421. The van der Waals surface area contributed by atoms with E-state index in [0.29, 0.717) is 31.7 Å². The SMILES string of the molecule is CN(C)CCNC(=O)c1nc(C(=O)Nc2c(F)cccc2F)c2n1CCCC2. The smallest absolute Gasteiger partial charge is 0.287 e. The predicted molar refractivity (Wildman–Crippen MR) is 100 cm³/mol. The van der Waals surface area contributed by atoms with Crippen molar-refractivity contribution in [3.8, 4) is 0 Å². The van der Waals surface area contributed by atoms with E-state index in [9.17, 15) is 18.4 Å². The summed E-state index contributed by atoms with van der Waals surface area (Å²) in [5.74, 6) is -2.71. The third-order valence-corrected chi connectivity index (χ3v) is 4.58. The number of imidazole rings is 1. The van der Waals surface area contributed by atoms with Crippen LogP contribution in [-0.4, -0.2) is 53.5 Å². The normalized spacial score (nSPS) is 13.3. The molecule has 0 spiro atoms. The number of hydrogen-bond acceptors (Lipinski definition) is 4. The van der Waals surface area contributed by atoms with E-state index >= 15 is 0 Å². The number of benzene rings is 1. The van der Waals surface area contributed by atoms with Crippen molar-refractivity contribution < 1.29 is 18.4 Å². The molecule has 28 heavy (non-hydrogen) atoms. The van der Waals surface area contributed by atoms with E-state index in [4.69, 9.17) is 0 Å². The van der Waals surface area contributed by atoms with E-state index in [-0.39, 0.29) is 17.4 Å². The van der Waals surface area contributed by atoms with Crippen LogP contribution >= 0.6 is 0 Å². The van der Waals surface area contributed by atoms with Gasteiger partial charge < -0.3 is 20.1 Å². The molecule has 0 saturated heterocycles. The zero-order valence-corrected chi connectivity index (χ0v) is 15.9. The van der Waals surface area contributed by atoms with Gasteiger partial charge >= 0.3 is 0 Å². The second-order valence-electron chi connectivity index (χ2n) is 6.95. The number of aromatic nitrogens is 2. The molecule has 2 aromatic rings. The van der Waals surface area contributed by atoms with E-state index in [1.807, 2.05) is 19.0 Å². The van der Waals surface area contributed by atoms with E-state index in [0.717, 1.165) is 25.0 Å². The molecule has 0 saturated carbocycles. The summed E-state index contributed by atoms with van der Waals surface area (Å²) in [5.41, 5.74) is 0.111. The van der Waals surface area contributed by atoms with Gasteiger partial charge in [0, 0.05) is 19.6 Å². The maximum Gasteiger partial charge on any atom is 0.287 e. The maximum absolute atomic E-state index is 13.9. The van der Waals surface area contributed by atoms with Crippen LogP contribution in [0, 0.1) is 11.6 Å². The number of fused-ring (bicyclic) bond motifs is 1. The first-order valence-corrected chi connectivity index (χ1v) is 9.16. The lowest BCUT2D eigenvalue weighted by molar-refractivity contribution is 0.0935. The molecule has 0 bridgehead atoms. The third-order valence-electron chi connectivity index (χ3n) is 4.58. The Kier molecular flexibility index (Phi) is 6.03. The molecule has 2 amide bonds. The van der Waals surface area contributed by atoms with Crippen LogP contribution in [0.5, 0.6) is 0 Å². The fourth-order valence-electron chi connectivity index (χ4n) is 3.16. The first-order chi connectivity index (χ1) is 13.4. The second-order valence-corrected chi connectivity index (χ2v) is 6.95. The zero-order chi connectivity index (χ0) is 20.3. The molecule has 0 fully saturated rings. The van der Waals surface area contributed by atoms with Crippen LogP contribution in [0.1, 0.15) is 39.6 Å². The van der Waals surface area contributed by atoms with E-state index in [2.05, 4.69) is 15.6 Å². The number of carbonyl (C=O) groups is 2. The number of amides is 2. The largest absolute Gasteiger partial charge is 0.348 e. The molecule has 150 valence electrons. The van der Waals surface area contributed by atoms with Gasteiger partial charge in [0.1, 0.15) is 17.3 Å². The number of hydrogen-bond donors (Lipinski definition) is 2. The molecule has 7 nitrogen and oxygen atoms in total. The maximum atomic E-state index is 13.9. The number of anilines is 1. The van der Waals surface area contributed by atoms with Crippen LogP contribution in [0.15, 0.2) is 18.2 Å². The van der Waals surface area contributed by atoms with Crippen molar-refractivity contribution in [2.75, 3.05) is 32.5 Å². The Bertz CT molecular complexity index is 874. The average molecular weight is 391 g/mol. The number of halogens is 2. The standard InChI is InChI=1S/C19H23F2N5O2/c1-25(2)11-9-22-19(28)17-23-16(14-8-3-4-10-26(14)17)18(27)24-15-12(20)6-5-7-13(15)21/h5-7H,3-4,8-11H2,1-2H3,(H,22,28)(H,24,27). The topological polar surface area (TPSA) is 79.3 Å². The minimum absolute atomic E-state index is 0.0279. The monoisotopic (exact) mass is 391 g/mol. The first kappa shape index (κ1) is 19.9. The van der Waals surface area contributed by atoms with Crippen LogP contribution in [0.2, 0.25) is 0 Å². The highest BCUT2D eigenvalue weighted by Crippen LogP contribution is 2.24. The second kappa shape index (κ2) is 8.47. The molecule has 1 aromatic heterocycles. The van der Waals surface area contributed by atoms with Gasteiger partial charge in [-0.1, -0.05) is 6.07 Å². The summed E-state index contributed by atoms with van der Waals surface area (Å²) in [7, 11) is 3.79. The lowest BCUT2D eigenvalue weighted by Crippen LogP contribution is -2.33. The van der Waals surface area contributed by atoms with Crippen molar-refractivity contribution in [2.45, 2.75) is 25.8 Å². The Morgan fingerprint density at radius 2 is 1.89 bits per heavy atom. The Balaban J connectivity index is 1.86. The Morgan fingerprint density at radius 3 is 2.57 bits per heavy atom. The summed E-state index contributed by atoms with van der Waals surface area (Å²) in [4.78, 5) is 31.4. The molecule has 1 aliphatic rings. The van der Waals surface area contributed by atoms with Crippen LogP contribution in [-0.2, 0) is 13.0 Å². The van der Waals surface area contributed by atoms with E-state index in [1.54, 1.807) is 4.57 Å². The lowest BCUT2D eigenvalue weighted by Gasteiger charge is -2.17. The lowest BCUT2D eigenvalue weighted by atomic mass is 10.1. The molecule has 1 aromatic carbocycles. The Labute approximate surface area is 161 Å². The van der Waals surface area contributed by atoms with Crippen molar-refractivity contribution in [3.05, 3.63) is 47.0 Å². The molecule has 0 radical (unpaired) electrons. The number of nitrogens with zero attached hydrogens (tertiary/aromatic N) is 3. The van der Waals surface area contributed by atoms with Crippen molar-refractivity contribution in [2.24, 2.45) is 0 Å². The highest BCUT2D eigenvalue weighted by Gasteiger charge is 2.28. The van der Waals surface area contributed by atoms with Crippen molar-refractivity contribution in [1.82, 2.24) is 19.8 Å². The summed E-state index contributed by atoms with van der Waals surface area (Å²) >= 11 is 0. The van der Waals surface area contributed by atoms with Gasteiger partial charge in [0.15, 0.2) is 11.5 Å². The summed E-state index contributed by atoms with van der Waals surface area (Å²) in [6, 6.07) is 3.34. The van der Waals surface area contributed by atoms with Gasteiger partial charge in [-0.05, 0) is 45.5 Å². The van der Waals surface area contributed by atoms with Gasteiger partial charge in [-0.15, -0.1) is 0 Å². The van der Waals surface area contributed by atoms with Crippen molar-refractivity contribution in [1.29, 1.82) is 0 Å². The molecular formula is C19H23F2N5O2. The minimum atomic E-state index is -0.872. The summed E-state index contributed by atoms with van der Waals surface area (Å²) in [6.45, 7) is 1.68. The fourth-order valence-corrected chi connectivity index (χ4v) is 3.16. The number of nitrogens with one attached hydrogen (secondary N) is 2. The molecule has 2 heterocycles. The van der Waals surface area contributed by atoms with Crippen molar-refractivity contribution in [3.63, 3.8) is 0 Å². The number of rotatable bonds is 6. The summed E-state index contributed by atoms with van der Waals surface area (Å²) in [5, 5.41) is 5.04. The van der Waals surface area contributed by atoms with Gasteiger partial charge in [-0.25, -0.2) is 13.8 Å². The predicted octanol–water partition coefficient (Wildman–Crippen LogP) is 2.04. The molecule has 0 aliphatic carbocycles. The van der Waals surface area contributed by atoms with Gasteiger partial charge in [0.05, 0.1) is 5.69 Å². The Morgan fingerprint density at radius 1 is 1.18 bits per heavy atom. The molecule has 3 rings (SSSR count). The molecule has 0 unspecified atom stereocenters. The van der Waals surface area contributed by atoms with Crippen LogP contribution in [0.4, 0.5) is 14.5 Å². The molecule has 9 heteroatoms. The molecule has 2 N–H and O–H groups in total. The molecular weight excluding hydrogens is 368 g/mol. The third kappa shape index (κ3) is 4.19. The molecule has 0 atom stereocenters. The number of carbonyl (C=O) groups excluding carboxylic acids is 2. The minimum Gasteiger partial charge on any atom is -0.348 e. The highest BCUT2D eigenvalue weighted by molar-refractivity contribution is 6.05. The van der Waals surface area contributed by atoms with E-state index in [1.165, 1.54) is 6.07 Å². The summed E-state index contributed by atoms with van der Waals surface area (Å²) < 4.78 is 29.4. The summed E-state index contributed by atoms with van der Waals surface area (Å²) in [6.07, 6.45) is 2.28. The first-order valence-electron chi connectivity index (χ1n) is 9.16. The van der Waals surface area contributed by atoms with Gasteiger partial charge in [-0.2, -0.15) is 0 Å². The van der Waals surface area contributed by atoms with Crippen LogP contribution in [0.3, 0.4) is 0 Å². The highest BCUT2D eigenvalue weighted by atomic mass is 19.1. The quantitative estimate of drug-likeness (QED) is 0.790. The van der Waals surface area contributed by atoms with Crippen LogP contribution < -0.4 is 10.6 Å². The van der Waals surface area contributed by atoms with Gasteiger partial charge in [-0.3, -0.25) is 9.59 Å². The van der Waals surface area contributed by atoms with Crippen LogP contribution in [0.25, 0.3) is 0 Å². The number of para-hydroxylation sites is 1. The van der Waals surface area contributed by atoms with Gasteiger partial charge in [0.25, 0.3) is 11.8 Å². The Hall–Kier alpha value is -2.81. The number of likely N-dealkylation sites (N-methyl/N-ethyl adjacent to an activating group) is 1. The average Bonchev–Trinajstić information content (AvgIpc) is 3.04. The van der Waals surface area contributed by atoms with E-state index < -0.39 is 23.2 Å².